The highest BCUT2D eigenvalue weighted by atomic mass is 79.9. The third kappa shape index (κ3) is 3.00. The van der Waals surface area contributed by atoms with Crippen molar-refractivity contribution in [3.8, 4) is 0 Å². The van der Waals surface area contributed by atoms with Crippen LogP contribution in [0.2, 0.25) is 5.02 Å². The number of hydrogen-bond acceptors (Lipinski definition) is 5. The molecule has 0 unspecified atom stereocenters. The number of rotatable bonds is 3. The summed E-state index contributed by atoms with van der Waals surface area (Å²) in [6.07, 6.45) is 1.05. The van der Waals surface area contributed by atoms with Crippen molar-refractivity contribution in [1.82, 2.24) is 9.78 Å². The molecule has 1 heterocycles. The number of anilines is 1. The minimum Gasteiger partial charge on any atom is -0.398 e. The van der Waals surface area contributed by atoms with E-state index in [-0.39, 0.29) is 42.2 Å². The fourth-order valence-corrected chi connectivity index (χ4v) is 4.75. The molecule has 0 saturated carbocycles. The number of carbonyl (C=O) groups excluding carboxylic acids is 1. The average molecular weight is 461 g/mol. The van der Waals surface area contributed by atoms with Gasteiger partial charge < -0.3 is 5.73 Å². The Morgan fingerprint density at radius 2 is 2.00 bits per heavy atom. The molecule has 6 nitrogen and oxygen atoms in total. The van der Waals surface area contributed by atoms with Crippen molar-refractivity contribution in [2.24, 2.45) is 7.05 Å². The van der Waals surface area contributed by atoms with Gasteiger partial charge in [-0.25, -0.2) is 12.8 Å². The van der Waals surface area contributed by atoms with Crippen molar-refractivity contribution in [1.29, 1.82) is 0 Å². The summed E-state index contributed by atoms with van der Waals surface area (Å²) >= 11 is 9.29. The zero-order valence-electron chi connectivity index (χ0n) is 13.5. The smallest absolute Gasteiger partial charge is 0.197 e. The normalized spacial score (nSPS) is 11.9. The van der Waals surface area contributed by atoms with E-state index in [9.17, 15) is 17.6 Å². The average Bonchev–Trinajstić information content (AvgIpc) is 2.85. The van der Waals surface area contributed by atoms with Crippen LogP contribution in [0.3, 0.4) is 0 Å². The lowest BCUT2D eigenvalue weighted by Gasteiger charge is -2.10. The van der Waals surface area contributed by atoms with Gasteiger partial charge in [-0.2, -0.15) is 5.10 Å². The number of nitrogens with zero attached hydrogens (tertiary/aromatic N) is 2. The molecule has 2 aromatic carbocycles. The molecule has 3 aromatic rings. The van der Waals surface area contributed by atoms with Gasteiger partial charge in [0.2, 0.25) is 0 Å². The zero-order chi connectivity index (χ0) is 19.4. The topological polar surface area (TPSA) is 95.0 Å². The van der Waals surface area contributed by atoms with Crippen LogP contribution in [0.1, 0.15) is 15.9 Å². The van der Waals surface area contributed by atoms with Gasteiger partial charge in [-0.05, 0) is 40.2 Å². The first kappa shape index (κ1) is 18.8. The number of carbonyl (C=O) groups is 1. The van der Waals surface area contributed by atoms with Crippen molar-refractivity contribution in [2.45, 2.75) is 5.03 Å². The molecule has 2 N–H and O–H groups in total. The maximum absolute atomic E-state index is 13.5. The van der Waals surface area contributed by atoms with Gasteiger partial charge in [-0.15, -0.1) is 0 Å². The second kappa shape index (κ2) is 6.33. The summed E-state index contributed by atoms with van der Waals surface area (Å²) in [6, 6.07) is 4.79. The molecule has 0 aliphatic carbocycles. The predicted molar refractivity (Wildman–Crippen MR) is 101 cm³/mol. The molecular weight excluding hydrogens is 449 g/mol. The second-order valence-corrected chi connectivity index (χ2v) is 8.84. The maximum atomic E-state index is 13.5. The lowest BCUT2D eigenvalue weighted by Crippen LogP contribution is -2.08. The fraction of sp³-hybridized carbons (Fsp3) is 0.125. The van der Waals surface area contributed by atoms with Crippen molar-refractivity contribution in [3.05, 3.63) is 50.7 Å². The molecule has 136 valence electrons. The molecular formula is C16H12BrClFN3O3S. The largest absolute Gasteiger partial charge is 0.398 e. The van der Waals surface area contributed by atoms with Gasteiger partial charge in [-0.3, -0.25) is 9.48 Å². The number of benzene rings is 2. The van der Waals surface area contributed by atoms with Crippen molar-refractivity contribution >= 4 is 59.7 Å². The molecule has 0 aliphatic heterocycles. The van der Waals surface area contributed by atoms with Crippen LogP contribution < -0.4 is 5.73 Å². The highest BCUT2D eigenvalue weighted by molar-refractivity contribution is 9.10. The van der Waals surface area contributed by atoms with E-state index in [1.807, 2.05) is 0 Å². The van der Waals surface area contributed by atoms with Crippen molar-refractivity contribution in [2.75, 3.05) is 12.0 Å². The van der Waals surface area contributed by atoms with E-state index in [2.05, 4.69) is 21.0 Å². The van der Waals surface area contributed by atoms with E-state index in [1.54, 1.807) is 0 Å². The first-order valence-electron chi connectivity index (χ1n) is 7.17. The first-order chi connectivity index (χ1) is 12.0. The lowest BCUT2D eigenvalue weighted by atomic mass is 10.00. The Hall–Kier alpha value is -1.97. The Balaban J connectivity index is 2.32. The van der Waals surface area contributed by atoms with Crippen molar-refractivity contribution in [3.63, 3.8) is 0 Å². The van der Waals surface area contributed by atoms with Gasteiger partial charge in [0.1, 0.15) is 11.3 Å². The number of aromatic nitrogens is 2. The molecule has 0 bridgehead atoms. The van der Waals surface area contributed by atoms with E-state index in [4.69, 9.17) is 17.3 Å². The monoisotopic (exact) mass is 459 g/mol. The number of ketones is 1. The van der Waals surface area contributed by atoms with Crippen LogP contribution in [0.25, 0.3) is 10.9 Å². The van der Waals surface area contributed by atoms with Gasteiger partial charge in [0, 0.05) is 29.9 Å². The van der Waals surface area contributed by atoms with Crippen LogP contribution in [-0.2, 0) is 16.9 Å². The summed E-state index contributed by atoms with van der Waals surface area (Å²) in [4.78, 5) is 12.9. The van der Waals surface area contributed by atoms with Gasteiger partial charge in [0.05, 0.1) is 15.1 Å². The van der Waals surface area contributed by atoms with E-state index in [0.717, 1.165) is 18.4 Å². The minimum atomic E-state index is -3.58. The summed E-state index contributed by atoms with van der Waals surface area (Å²) in [6.45, 7) is 0. The van der Waals surface area contributed by atoms with Crippen molar-refractivity contribution < 1.29 is 17.6 Å². The summed E-state index contributed by atoms with van der Waals surface area (Å²) in [5.74, 6) is -1.22. The first-order valence-corrected chi connectivity index (χ1v) is 10.2. The molecule has 0 spiro atoms. The summed E-state index contributed by atoms with van der Waals surface area (Å²) < 4.78 is 39.0. The molecule has 0 atom stereocenters. The van der Waals surface area contributed by atoms with E-state index in [0.29, 0.717) is 0 Å². The van der Waals surface area contributed by atoms with Gasteiger partial charge in [0.25, 0.3) is 0 Å². The second-order valence-electron chi connectivity index (χ2n) is 5.71. The molecule has 0 fully saturated rings. The Labute approximate surface area is 161 Å². The number of nitrogen functional groups attached to an aromatic ring is 1. The van der Waals surface area contributed by atoms with Crippen LogP contribution in [0.15, 0.2) is 33.8 Å². The Bertz CT molecular complexity index is 1190. The van der Waals surface area contributed by atoms with Gasteiger partial charge in [-0.1, -0.05) is 11.6 Å². The van der Waals surface area contributed by atoms with Crippen LogP contribution in [0.4, 0.5) is 10.1 Å². The summed E-state index contributed by atoms with van der Waals surface area (Å²) in [5, 5.41) is 4.50. The number of sulfone groups is 1. The molecule has 0 aliphatic rings. The number of hydrogen-bond donors (Lipinski definition) is 1. The van der Waals surface area contributed by atoms with Crippen LogP contribution in [0, 0.1) is 5.82 Å². The Morgan fingerprint density at radius 1 is 1.35 bits per heavy atom. The third-order valence-electron chi connectivity index (χ3n) is 3.80. The Morgan fingerprint density at radius 3 is 2.62 bits per heavy atom. The molecule has 1 aromatic heterocycles. The number of halogens is 3. The predicted octanol–water partition coefficient (Wildman–Crippen LogP) is 3.35. The Kier molecular flexibility index (Phi) is 4.58. The van der Waals surface area contributed by atoms with E-state index in [1.165, 1.54) is 23.9 Å². The number of nitrogens with two attached hydrogens (primary N) is 1. The highest BCUT2D eigenvalue weighted by Gasteiger charge is 2.26. The molecule has 10 heteroatoms. The summed E-state index contributed by atoms with van der Waals surface area (Å²) in [7, 11) is -2.10. The van der Waals surface area contributed by atoms with E-state index < -0.39 is 21.4 Å². The van der Waals surface area contributed by atoms with Crippen LogP contribution in [-0.4, -0.2) is 30.2 Å². The molecule has 0 saturated heterocycles. The van der Waals surface area contributed by atoms with Gasteiger partial charge >= 0.3 is 0 Å². The maximum Gasteiger partial charge on any atom is 0.197 e. The molecule has 26 heavy (non-hydrogen) atoms. The lowest BCUT2D eigenvalue weighted by molar-refractivity contribution is 0.103. The zero-order valence-corrected chi connectivity index (χ0v) is 16.7. The van der Waals surface area contributed by atoms with Gasteiger partial charge in [0.15, 0.2) is 20.6 Å². The van der Waals surface area contributed by atoms with E-state index >= 15 is 0 Å². The quantitative estimate of drug-likeness (QED) is 0.478. The minimum absolute atomic E-state index is 0.0209. The van der Waals surface area contributed by atoms with Crippen LogP contribution >= 0.6 is 27.5 Å². The number of aryl methyl sites for hydroxylation is 1. The number of fused-ring (bicyclic) bond motifs is 1. The summed E-state index contributed by atoms with van der Waals surface area (Å²) in [5.41, 5.74) is 6.26. The molecule has 3 rings (SSSR count). The standard InChI is InChI=1S/C16H12BrClFN3O3S/c1-22-16(26(2,24)25)9-6-11(20)12(13(17)14(9)21-22)15(23)8-5-7(19)3-4-10(8)18/h3-6H,20H2,1-2H3. The third-order valence-corrected chi connectivity index (χ3v) is 6.08. The highest BCUT2D eigenvalue weighted by Crippen LogP contribution is 2.37. The molecule has 0 radical (unpaired) electrons. The molecule has 0 amide bonds. The fourth-order valence-electron chi connectivity index (χ4n) is 2.77. The van der Waals surface area contributed by atoms with Crippen LogP contribution in [0.5, 0.6) is 0 Å². The SMILES string of the molecule is Cn1nc2c(Br)c(C(=O)c3cc(F)ccc3Cl)c(N)cc2c1S(C)(=O)=O.